The first-order valence-corrected chi connectivity index (χ1v) is 16.0. The maximum atomic E-state index is 13.2. The lowest BCUT2D eigenvalue weighted by Crippen LogP contribution is -2.30. The van der Waals surface area contributed by atoms with Crippen molar-refractivity contribution in [3.05, 3.63) is 69.7 Å². The van der Waals surface area contributed by atoms with E-state index in [2.05, 4.69) is 22.9 Å². The minimum Gasteiger partial charge on any atom is -0.507 e. The number of halogens is 1. The van der Waals surface area contributed by atoms with Gasteiger partial charge >= 0.3 is 0 Å². The monoisotopic (exact) mass is 611 g/mol. The van der Waals surface area contributed by atoms with E-state index in [1.54, 1.807) is 30.2 Å². The van der Waals surface area contributed by atoms with Gasteiger partial charge in [0.15, 0.2) is 0 Å². The van der Waals surface area contributed by atoms with Gasteiger partial charge in [-0.3, -0.25) is 9.59 Å². The fourth-order valence-corrected chi connectivity index (χ4v) is 5.91. The summed E-state index contributed by atoms with van der Waals surface area (Å²) >= 11 is 3.43. The molecule has 1 unspecified atom stereocenters. The number of aliphatic hydroxyl groups excluding tert-OH is 1. The number of aliphatic hydroxyl groups is 1. The van der Waals surface area contributed by atoms with Crippen LogP contribution < -0.4 is 4.74 Å². The van der Waals surface area contributed by atoms with Gasteiger partial charge < -0.3 is 14.7 Å². The van der Waals surface area contributed by atoms with Crippen LogP contribution in [0.2, 0.25) is 0 Å². The maximum absolute atomic E-state index is 13.2. The molecule has 0 spiro atoms. The summed E-state index contributed by atoms with van der Waals surface area (Å²) in [7, 11) is 1.60. The van der Waals surface area contributed by atoms with E-state index in [4.69, 9.17) is 4.74 Å². The Bertz CT molecular complexity index is 1110. The van der Waals surface area contributed by atoms with Crippen LogP contribution in [0.5, 0.6) is 5.75 Å². The van der Waals surface area contributed by atoms with Gasteiger partial charge in [0.2, 0.25) is 0 Å². The van der Waals surface area contributed by atoms with E-state index in [1.807, 2.05) is 30.3 Å². The first-order valence-electron chi connectivity index (χ1n) is 15.2. The third-order valence-corrected chi connectivity index (χ3v) is 8.32. The molecule has 0 aliphatic carbocycles. The molecule has 5 nitrogen and oxygen atoms in total. The number of hydrogen-bond acceptors (Lipinski definition) is 4. The number of unbranched alkanes of at least 4 members (excludes halogenated alkanes) is 13. The van der Waals surface area contributed by atoms with Crippen molar-refractivity contribution < 1.29 is 19.4 Å². The highest BCUT2D eigenvalue weighted by Gasteiger charge is 2.45. The van der Waals surface area contributed by atoms with Crippen molar-refractivity contribution >= 4 is 33.4 Å². The summed E-state index contributed by atoms with van der Waals surface area (Å²) in [6.45, 7) is 2.74. The Labute approximate surface area is 249 Å². The Morgan fingerprint density at radius 2 is 1.38 bits per heavy atom. The second-order valence-electron chi connectivity index (χ2n) is 10.9. The van der Waals surface area contributed by atoms with E-state index in [-0.39, 0.29) is 11.3 Å². The molecule has 1 aliphatic heterocycles. The summed E-state index contributed by atoms with van der Waals surface area (Å²) in [4.78, 5) is 28.0. The number of hydrogen-bond donors (Lipinski definition) is 1. The summed E-state index contributed by atoms with van der Waals surface area (Å²) in [5.41, 5.74) is 1.42. The van der Waals surface area contributed by atoms with Crippen LogP contribution >= 0.6 is 15.9 Å². The van der Waals surface area contributed by atoms with Gasteiger partial charge in [-0.25, -0.2) is 0 Å². The number of carbonyl (C=O) groups is 2. The molecule has 1 heterocycles. The Balaban J connectivity index is 1.55. The zero-order chi connectivity index (χ0) is 28.7. The molecule has 1 aliphatic rings. The molecule has 2 aromatic rings. The number of benzene rings is 2. The summed E-state index contributed by atoms with van der Waals surface area (Å²) in [5.74, 6) is -0.640. The van der Waals surface area contributed by atoms with Gasteiger partial charge in [0.05, 0.1) is 18.7 Å². The van der Waals surface area contributed by atoms with Crippen molar-refractivity contribution in [2.75, 3.05) is 13.7 Å². The number of ether oxygens (including phenoxy) is 1. The van der Waals surface area contributed by atoms with Crippen molar-refractivity contribution in [1.82, 2.24) is 4.90 Å². The first-order chi connectivity index (χ1) is 19.5. The van der Waals surface area contributed by atoms with Crippen molar-refractivity contribution in [3.8, 4) is 5.75 Å². The Kier molecular flexibility index (Phi) is 13.8. The van der Waals surface area contributed by atoms with Crippen LogP contribution in [-0.4, -0.2) is 35.4 Å². The standard InChI is InChI=1S/C34H46BrNO4/c1-3-4-5-6-7-8-9-10-11-12-13-14-15-16-24-36-31(26-20-22-29(40-2)23-21-26)30(33(38)34(36)39)32(37)27-18-17-19-28(35)25-27/h17-23,25,31,37H,3-16,24H2,1-2H3. The molecular weight excluding hydrogens is 566 g/mol. The zero-order valence-electron chi connectivity index (χ0n) is 24.3. The number of rotatable bonds is 18. The molecule has 1 fully saturated rings. The number of nitrogens with zero attached hydrogens (tertiary/aromatic N) is 1. The van der Waals surface area contributed by atoms with Crippen LogP contribution in [0.25, 0.3) is 5.76 Å². The summed E-state index contributed by atoms with van der Waals surface area (Å²) in [5, 5.41) is 11.2. The Morgan fingerprint density at radius 3 is 1.90 bits per heavy atom. The van der Waals surface area contributed by atoms with Gasteiger partial charge in [-0.05, 0) is 36.2 Å². The molecule has 0 saturated carbocycles. The van der Waals surface area contributed by atoms with E-state index < -0.39 is 17.7 Å². The lowest BCUT2D eigenvalue weighted by atomic mass is 9.95. The summed E-state index contributed by atoms with van der Waals surface area (Å²) in [6.07, 6.45) is 17.6. The average Bonchev–Trinajstić information content (AvgIpc) is 3.22. The van der Waals surface area contributed by atoms with E-state index >= 15 is 0 Å². The molecule has 40 heavy (non-hydrogen) atoms. The number of methoxy groups -OCH3 is 1. The largest absolute Gasteiger partial charge is 0.507 e. The minimum absolute atomic E-state index is 0.138. The smallest absolute Gasteiger partial charge is 0.295 e. The van der Waals surface area contributed by atoms with Crippen molar-refractivity contribution in [3.63, 3.8) is 0 Å². The molecule has 1 amide bonds. The molecule has 0 radical (unpaired) electrons. The quantitative estimate of drug-likeness (QED) is 0.0789. The summed E-state index contributed by atoms with van der Waals surface area (Å²) < 4.78 is 6.09. The highest BCUT2D eigenvalue weighted by molar-refractivity contribution is 9.10. The number of likely N-dealkylation sites (tertiary alicyclic amines) is 1. The van der Waals surface area contributed by atoms with Gasteiger partial charge in [0.1, 0.15) is 11.5 Å². The van der Waals surface area contributed by atoms with Gasteiger partial charge in [-0.1, -0.05) is 131 Å². The minimum atomic E-state index is -0.636. The lowest BCUT2D eigenvalue weighted by Gasteiger charge is -2.25. The van der Waals surface area contributed by atoms with Crippen LogP contribution in [-0.2, 0) is 9.59 Å². The van der Waals surface area contributed by atoms with Gasteiger partial charge in [0, 0.05) is 16.6 Å². The van der Waals surface area contributed by atoms with Gasteiger partial charge in [-0.15, -0.1) is 0 Å². The molecule has 0 aromatic heterocycles. The fraction of sp³-hybridized carbons (Fsp3) is 0.529. The van der Waals surface area contributed by atoms with Gasteiger partial charge in [0.25, 0.3) is 11.7 Å². The predicted molar refractivity (Wildman–Crippen MR) is 166 cm³/mol. The number of carbonyl (C=O) groups excluding carboxylic acids is 2. The molecule has 6 heteroatoms. The molecule has 2 aromatic carbocycles. The summed E-state index contributed by atoms with van der Waals surface area (Å²) in [6, 6.07) is 13.9. The molecule has 1 N–H and O–H groups in total. The molecule has 1 atom stereocenters. The third kappa shape index (κ3) is 9.22. The van der Waals surface area contributed by atoms with Crippen LogP contribution in [0.1, 0.15) is 114 Å². The van der Waals surface area contributed by atoms with Crippen molar-refractivity contribution in [1.29, 1.82) is 0 Å². The highest BCUT2D eigenvalue weighted by atomic mass is 79.9. The molecule has 0 bridgehead atoms. The van der Waals surface area contributed by atoms with Crippen molar-refractivity contribution in [2.45, 2.75) is 103 Å². The topological polar surface area (TPSA) is 66.8 Å². The highest BCUT2D eigenvalue weighted by Crippen LogP contribution is 2.40. The van der Waals surface area contributed by atoms with Crippen molar-refractivity contribution in [2.24, 2.45) is 0 Å². The second kappa shape index (κ2) is 17.3. The SMILES string of the molecule is CCCCCCCCCCCCCCCCN1C(=O)C(=O)C(=C(O)c2cccc(Br)c2)C1c1ccc(OC)cc1. The molecular formula is C34H46BrNO4. The maximum Gasteiger partial charge on any atom is 0.295 e. The van der Waals surface area contributed by atoms with Crippen LogP contribution in [0, 0.1) is 0 Å². The van der Waals surface area contributed by atoms with Gasteiger partial charge in [-0.2, -0.15) is 0 Å². The molecule has 1 saturated heterocycles. The number of ketones is 1. The van der Waals surface area contributed by atoms with E-state index in [9.17, 15) is 14.7 Å². The molecule has 218 valence electrons. The zero-order valence-corrected chi connectivity index (χ0v) is 25.9. The van der Waals surface area contributed by atoms with E-state index in [1.165, 1.54) is 70.6 Å². The first kappa shape index (κ1) is 31.9. The fourth-order valence-electron chi connectivity index (χ4n) is 5.51. The normalized spacial score (nSPS) is 16.6. The second-order valence-corrected chi connectivity index (χ2v) is 11.8. The Morgan fingerprint density at radius 1 is 0.825 bits per heavy atom. The van der Waals surface area contributed by atoms with Crippen LogP contribution in [0.3, 0.4) is 0 Å². The Hall–Kier alpha value is -2.60. The molecule has 3 rings (SSSR count). The van der Waals surface area contributed by atoms with Crippen LogP contribution in [0.15, 0.2) is 58.6 Å². The lowest BCUT2D eigenvalue weighted by molar-refractivity contribution is -0.139. The van der Waals surface area contributed by atoms with E-state index in [0.29, 0.717) is 17.9 Å². The third-order valence-electron chi connectivity index (χ3n) is 7.82. The predicted octanol–water partition coefficient (Wildman–Crippen LogP) is 9.36. The van der Waals surface area contributed by atoms with Crippen LogP contribution in [0.4, 0.5) is 0 Å². The van der Waals surface area contributed by atoms with E-state index in [0.717, 1.165) is 29.3 Å². The number of Topliss-reactive ketones (excluding diaryl/α,β-unsaturated/α-hetero) is 1. The average molecular weight is 613 g/mol. The number of amides is 1.